The number of nitrogens with one attached hydrogen (secondary N) is 1. The van der Waals surface area contributed by atoms with Gasteiger partial charge >= 0.3 is 0 Å². The van der Waals surface area contributed by atoms with Crippen LogP contribution in [0.5, 0.6) is 0 Å². The normalized spacial score (nSPS) is 11.3. The van der Waals surface area contributed by atoms with E-state index in [-0.39, 0.29) is 5.91 Å². The Bertz CT molecular complexity index is 1140. The Morgan fingerprint density at radius 3 is 2.52 bits per heavy atom. The molecule has 6 nitrogen and oxygen atoms in total. The highest BCUT2D eigenvalue weighted by Crippen LogP contribution is 2.30. The first kappa shape index (κ1) is 17.5. The third kappa shape index (κ3) is 3.04. The summed E-state index contributed by atoms with van der Waals surface area (Å²) in [6.07, 6.45) is 0. The van der Waals surface area contributed by atoms with Gasteiger partial charge in [-0.3, -0.25) is 9.48 Å². The van der Waals surface area contributed by atoms with Crippen molar-refractivity contribution in [2.24, 2.45) is 7.05 Å². The molecule has 0 aliphatic heterocycles. The summed E-state index contributed by atoms with van der Waals surface area (Å²) in [4.78, 5) is 14.4. The Morgan fingerprint density at radius 1 is 1.11 bits per heavy atom. The van der Waals surface area contributed by atoms with E-state index in [1.807, 2.05) is 73.6 Å². The number of carbonyl (C=O) groups excluding carboxylic acids is 1. The molecule has 0 atom stereocenters. The standard InChI is InChI=1S/C20H21N5OS/c1-12-16-10-18(19(26)21-11-17-13(2)22-24(4)14(17)3)27-20(16)25(23-12)15-8-6-5-7-9-15/h5-10H,11H2,1-4H3,(H,21,26). The Morgan fingerprint density at radius 2 is 1.85 bits per heavy atom. The van der Waals surface area contributed by atoms with E-state index < -0.39 is 0 Å². The summed E-state index contributed by atoms with van der Waals surface area (Å²) in [5, 5.41) is 13.1. The van der Waals surface area contributed by atoms with Crippen LogP contribution in [0.2, 0.25) is 0 Å². The molecule has 1 N–H and O–H groups in total. The van der Waals surface area contributed by atoms with E-state index >= 15 is 0 Å². The Kier molecular flexibility index (Phi) is 4.31. The molecule has 27 heavy (non-hydrogen) atoms. The van der Waals surface area contributed by atoms with Gasteiger partial charge in [-0.05, 0) is 39.0 Å². The monoisotopic (exact) mass is 379 g/mol. The first-order chi connectivity index (χ1) is 13.0. The topological polar surface area (TPSA) is 64.7 Å². The zero-order chi connectivity index (χ0) is 19.1. The Hall–Kier alpha value is -2.93. The second-order valence-corrected chi connectivity index (χ2v) is 7.65. The predicted molar refractivity (Wildman–Crippen MR) is 108 cm³/mol. The number of aromatic nitrogens is 4. The van der Waals surface area contributed by atoms with Crippen LogP contribution < -0.4 is 5.32 Å². The van der Waals surface area contributed by atoms with Crippen LogP contribution in [0.1, 0.15) is 32.3 Å². The first-order valence-electron chi connectivity index (χ1n) is 8.77. The molecule has 0 aliphatic rings. The van der Waals surface area contributed by atoms with Gasteiger partial charge in [0, 0.05) is 30.2 Å². The average Bonchev–Trinajstić information content (AvgIpc) is 3.29. The number of rotatable bonds is 4. The molecule has 1 amide bonds. The van der Waals surface area contributed by atoms with Crippen molar-refractivity contribution in [3.05, 3.63) is 63.9 Å². The fourth-order valence-corrected chi connectivity index (χ4v) is 4.33. The smallest absolute Gasteiger partial charge is 0.261 e. The van der Waals surface area contributed by atoms with Crippen molar-refractivity contribution < 1.29 is 4.79 Å². The molecule has 4 aromatic rings. The predicted octanol–water partition coefficient (Wildman–Crippen LogP) is 3.68. The molecule has 0 saturated heterocycles. The largest absolute Gasteiger partial charge is 0.347 e. The summed E-state index contributed by atoms with van der Waals surface area (Å²) in [7, 11) is 1.91. The number of fused-ring (bicyclic) bond motifs is 1. The summed E-state index contributed by atoms with van der Waals surface area (Å²) in [5.41, 5.74) is 5.00. The lowest BCUT2D eigenvalue weighted by Gasteiger charge is -2.05. The maximum absolute atomic E-state index is 12.7. The minimum absolute atomic E-state index is 0.0714. The van der Waals surface area contributed by atoms with Crippen molar-refractivity contribution in [3.8, 4) is 5.69 Å². The molecule has 7 heteroatoms. The van der Waals surface area contributed by atoms with Crippen LogP contribution >= 0.6 is 11.3 Å². The maximum atomic E-state index is 12.7. The van der Waals surface area contributed by atoms with E-state index in [9.17, 15) is 4.79 Å². The molecule has 4 rings (SSSR count). The van der Waals surface area contributed by atoms with E-state index in [4.69, 9.17) is 0 Å². The van der Waals surface area contributed by atoms with Crippen molar-refractivity contribution in [3.63, 3.8) is 0 Å². The van der Waals surface area contributed by atoms with Crippen molar-refractivity contribution in [2.45, 2.75) is 27.3 Å². The molecule has 3 heterocycles. The number of thiophene rings is 1. The molecule has 0 bridgehead atoms. The van der Waals surface area contributed by atoms with Crippen LogP contribution in [0.4, 0.5) is 0 Å². The van der Waals surface area contributed by atoms with E-state index in [1.165, 1.54) is 11.3 Å². The highest BCUT2D eigenvalue weighted by atomic mass is 32.1. The van der Waals surface area contributed by atoms with Crippen LogP contribution in [0.25, 0.3) is 15.9 Å². The molecule has 0 unspecified atom stereocenters. The lowest BCUT2D eigenvalue weighted by molar-refractivity contribution is 0.0955. The lowest BCUT2D eigenvalue weighted by atomic mass is 10.2. The third-order valence-electron chi connectivity index (χ3n) is 4.85. The number of nitrogens with zero attached hydrogens (tertiary/aromatic N) is 4. The molecule has 0 spiro atoms. The van der Waals surface area contributed by atoms with E-state index in [0.29, 0.717) is 11.4 Å². The SMILES string of the molecule is Cc1nn(C)c(C)c1CNC(=O)c1cc2c(C)nn(-c3ccccc3)c2s1. The van der Waals surface area contributed by atoms with Crippen LogP contribution in [0.15, 0.2) is 36.4 Å². The molecule has 0 saturated carbocycles. The van der Waals surface area contributed by atoms with Gasteiger partial charge in [0.15, 0.2) is 0 Å². The van der Waals surface area contributed by atoms with Gasteiger partial charge in [0.1, 0.15) is 4.83 Å². The highest BCUT2D eigenvalue weighted by molar-refractivity contribution is 7.20. The van der Waals surface area contributed by atoms with Gasteiger partial charge in [-0.1, -0.05) is 18.2 Å². The number of hydrogen-bond donors (Lipinski definition) is 1. The molecule has 1 aromatic carbocycles. The summed E-state index contributed by atoms with van der Waals surface area (Å²) >= 11 is 1.46. The Balaban J connectivity index is 1.61. The van der Waals surface area contributed by atoms with Gasteiger partial charge in [0.25, 0.3) is 5.91 Å². The van der Waals surface area contributed by atoms with E-state index in [2.05, 4.69) is 15.5 Å². The quantitative estimate of drug-likeness (QED) is 0.588. The van der Waals surface area contributed by atoms with Gasteiger partial charge in [-0.15, -0.1) is 11.3 Å². The molecule has 0 fully saturated rings. The zero-order valence-electron chi connectivity index (χ0n) is 15.8. The van der Waals surface area contributed by atoms with Crippen LogP contribution in [-0.2, 0) is 13.6 Å². The molecule has 0 aliphatic carbocycles. The third-order valence-corrected chi connectivity index (χ3v) is 5.96. The number of hydrogen-bond acceptors (Lipinski definition) is 4. The average molecular weight is 379 g/mol. The number of benzene rings is 1. The summed E-state index contributed by atoms with van der Waals surface area (Å²) in [5.74, 6) is -0.0714. The second-order valence-electron chi connectivity index (χ2n) is 6.62. The first-order valence-corrected chi connectivity index (χ1v) is 9.59. The van der Waals surface area contributed by atoms with Crippen LogP contribution in [0, 0.1) is 20.8 Å². The van der Waals surface area contributed by atoms with Crippen molar-refractivity contribution >= 4 is 27.5 Å². The Labute approximate surface area is 161 Å². The summed E-state index contributed by atoms with van der Waals surface area (Å²) in [6.45, 7) is 6.42. The number of para-hydroxylation sites is 1. The number of aryl methyl sites for hydroxylation is 3. The minimum Gasteiger partial charge on any atom is -0.347 e. The van der Waals surface area contributed by atoms with Crippen LogP contribution in [-0.4, -0.2) is 25.5 Å². The second kappa shape index (κ2) is 6.66. The van der Waals surface area contributed by atoms with E-state index in [1.54, 1.807) is 0 Å². The van der Waals surface area contributed by atoms with Crippen molar-refractivity contribution in [1.82, 2.24) is 24.9 Å². The van der Waals surface area contributed by atoms with Gasteiger partial charge in [-0.2, -0.15) is 10.2 Å². The fraction of sp³-hybridized carbons (Fsp3) is 0.250. The molecule has 3 aromatic heterocycles. The van der Waals surface area contributed by atoms with Crippen molar-refractivity contribution in [1.29, 1.82) is 0 Å². The number of amides is 1. The molecule has 138 valence electrons. The number of carbonyl (C=O) groups is 1. The minimum atomic E-state index is -0.0714. The molecular weight excluding hydrogens is 358 g/mol. The molecular formula is C20H21N5OS. The summed E-state index contributed by atoms with van der Waals surface area (Å²) < 4.78 is 3.75. The van der Waals surface area contributed by atoms with Crippen molar-refractivity contribution in [2.75, 3.05) is 0 Å². The van der Waals surface area contributed by atoms with Gasteiger partial charge in [0.05, 0.1) is 22.0 Å². The highest BCUT2D eigenvalue weighted by Gasteiger charge is 2.18. The van der Waals surface area contributed by atoms with E-state index in [0.717, 1.165) is 38.5 Å². The maximum Gasteiger partial charge on any atom is 0.261 e. The lowest BCUT2D eigenvalue weighted by Crippen LogP contribution is -2.22. The molecule has 0 radical (unpaired) electrons. The van der Waals surface area contributed by atoms with Gasteiger partial charge in [0.2, 0.25) is 0 Å². The zero-order valence-corrected chi connectivity index (χ0v) is 16.6. The fourth-order valence-electron chi connectivity index (χ4n) is 3.23. The van der Waals surface area contributed by atoms with Gasteiger partial charge in [-0.25, -0.2) is 4.68 Å². The van der Waals surface area contributed by atoms with Crippen LogP contribution in [0.3, 0.4) is 0 Å². The summed E-state index contributed by atoms with van der Waals surface area (Å²) in [6, 6.07) is 11.9. The van der Waals surface area contributed by atoms with Gasteiger partial charge < -0.3 is 5.32 Å².